The molecule has 0 aliphatic heterocycles. The molecule has 0 unspecified atom stereocenters. The van der Waals surface area contributed by atoms with Crippen LogP contribution < -0.4 is 16.9 Å². The van der Waals surface area contributed by atoms with Crippen LogP contribution in [-0.2, 0) is 5.75 Å². The number of thioether (sulfide) groups is 1. The van der Waals surface area contributed by atoms with Gasteiger partial charge in [-0.1, -0.05) is 25.6 Å². The van der Waals surface area contributed by atoms with Gasteiger partial charge in [-0.15, -0.1) is 0 Å². The van der Waals surface area contributed by atoms with E-state index in [0.29, 0.717) is 22.4 Å². The first-order valence-corrected chi connectivity index (χ1v) is 8.89. The van der Waals surface area contributed by atoms with Crippen LogP contribution in [0.1, 0.15) is 36.5 Å². The summed E-state index contributed by atoms with van der Waals surface area (Å²) in [6, 6.07) is 6.69. The van der Waals surface area contributed by atoms with Crippen molar-refractivity contribution in [3.8, 4) is 0 Å². The molecule has 2 aromatic heterocycles. The fourth-order valence-corrected chi connectivity index (χ4v) is 3.67. The molecule has 0 radical (unpaired) electrons. The van der Waals surface area contributed by atoms with Gasteiger partial charge in [0.2, 0.25) is 0 Å². The number of hydrogen-bond donors (Lipinski definition) is 2. The van der Waals surface area contributed by atoms with Gasteiger partial charge >= 0.3 is 5.63 Å². The molecule has 0 amide bonds. The van der Waals surface area contributed by atoms with Gasteiger partial charge < -0.3 is 15.1 Å². The Kier molecular flexibility index (Phi) is 4.67. The van der Waals surface area contributed by atoms with Crippen LogP contribution in [0.5, 0.6) is 0 Å². The topological polar surface area (TPSA) is 102 Å². The molecule has 3 N–H and O–H groups in total. The number of nitrogens with zero attached hydrogens (tertiary/aromatic N) is 1. The van der Waals surface area contributed by atoms with Crippen molar-refractivity contribution >= 4 is 28.5 Å². The lowest BCUT2D eigenvalue weighted by Crippen LogP contribution is -2.09. The first-order chi connectivity index (χ1) is 11.8. The minimum atomic E-state index is -0.395. The van der Waals surface area contributed by atoms with Crippen molar-refractivity contribution in [3.63, 3.8) is 0 Å². The highest BCUT2D eigenvalue weighted by molar-refractivity contribution is 7.98. The van der Waals surface area contributed by atoms with Crippen LogP contribution in [0.3, 0.4) is 0 Å². The SMILES string of the molecule is Cc1cc2oc(=O)cc(CSc3nc(N)cc(=O)[nH]3)c2cc1C(C)C. The molecule has 0 aliphatic carbocycles. The predicted octanol–water partition coefficient (Wildman–Crippen LogP) is 3.18. The summed E-state index contributed by atoms with van der Waals surface area (Å²) in [5.74, 6) is 1.000. The fraction of sp³-hybridized carbons (Fsp3) is 0.278. The van der Waals surface area contributed by atoms with Gasteiger partial charge in [-0.05, 0) is 41.7 Å². The van der Waals surface area contributed by atoms with Crippen molar-refractivity contribution in [3.05, 3.63) is 61.7 Å². The fourth-order valence-electron chi connectivity index (χ4n) is 2.80. The smallest absolute Gasteiger partial charge is 0.336 e. The molecule has 7 heteroatoms. The van der Waals surface area contributed by atoms with Crippen LogP contribution in [-0.4, -0.2) is 9.97 Å². The average molecular weight is 357 g/mol. The Labute approximate surface area is 148 Å². The lowest BCUT2D eigenvalue weighted by Gasteiger charge is -2.13. The molecule has 25 heavy (non-hydrogen) atoms. The van der Waals surface area contributed by atoms with Crippen molar-refractivity contribution in [1.29, 1.82) is 0 Å². The number of aryl methyl sites for hydroxylation is 1. The van der Waals surface area contributed by atoms with Crippen LogP contribution in [0.4, 0.5) is 5.82 Å². The van der Waals surface area contributed by atoms with E-state index in [1.807, 2.05) is 13.0 Å². The lowest BCUT2D eigenvalue weighted by molar-refractivity contribution is 0.559. The molecule has 130 valence electrons. The highest BCUT2D eigenvalue weighted by Gasteiger charge is 2.12. The summed E-state index contributed by atoms with van der Waals surface area (Å²) in [6.45, 7) is 6.27. The number of nitrogens with one attached hydrogen (secondary N) is 1. The normalized spacial score (nSPS) is 11.4. The standard InChI is InChI=1S/C18H19N3O3S/c1-9(2)12-6-13-11(5-17(23)24-14(13)4-10(12)3)8-25-18-20-15(19)7-16(22)21-18/h4-7,9H,8H2,1-3H3,(H3,19,20,21,22). The van der Waals surface area contributed by atoms with Gasteiger partial charge in [0.1, 0.15) is 11.4 Å². The molecule has 0 saturated heterocycles. The van der Waals surface area contributed by atoms with Gasteiger partial charge in [0.05, 0.1) is 0 Å². The zero-order chi connectivity index (χ0) is 18.1. The Balaban J connectivity index is 2.04. The molecule has 0 fully saturated rings. The third-order valence-electron chi connectivity index (χ3n) is 3.94. The molecule has 0 saturated carbocycles. The molecule has 0 bridgehead atoms. The molecule has 1 aromatic carbocycles. The summed E-state index contributed by atoms with van der Waals surface area (Å²) in [4.78, 5) is 30.1. The minimum absolute atomic E-state index is 0.168. The minimum Gasteiger partial charge on any atom is -0.423 e. The van der Waals surface area contributed by atoms with Gasteiger partial charge in [0.25, 0.3) is 5.56 Å². The van der Waals surface area contributed by atoms with E-state index < -0.39 is 5.63 Å². The number of fused-ring (bicyclic) bond motifs is 1. The monoisotopic (exact) mass is 357 g/mol. The Morgan fingerprint density at radius 3 is 2.68 bits per heavy atom. The number of anilines is 1. The van der Waals surface area contributed by atoms with E-state index in [2.05, 4.69) is 29.9 Å². The van der Waals surface area contributed by atoms with E-state index in [4.69, 9.17) is 10.2 Å². The maximum absolute atomic E-state index is 11.9. The van der Waals surface area contributed by atoms with Crippen molar-refractivity contribution in [2.24, 2.45) is 0 Å². The highest BCUT2D eigenvalue weighted by Crippen LogP contribution is 2.29. The molecule has 2 heterocycles. The molecule has 3 rings (SSSR count). The Morgan fingerprint density at radius 2 is 2.00 bits per heavy atom. The second-order valence-corrected chi connectivity index (χ2v) is 7.18. The van der Waals surface area contributed by atoms with E-state index in [1.165, 1.54) is 29.5 Å². The number of aromatic nitrogens is 2. The second-order valence-electron chi connectivity index (χ2n) is 6.21. The Hall–Kier alpha value is -2.54. The van der Waals surface area contributed by atoms with E-state index in [0.717, 1.165) is 16.5 Å². The van der Waals surface area contributed by atoms with Crippen molar-refractivity contribution < 1.29 is 4.42 Å². The molecular formula is C18H19N3O3S. The van der Waals surface area contributed by atoms with Crippen molar-refractivity contribution in [1.82, 2.24) is 9.97 Å². The quantitative estimate of drug-likeness (QED) is 0.422. The maximum atomic E-state index is 11.9. The van der Waals surface area contributed by atoms with E-state index in [1.54, 1.807) is 0 Å². The zero-order valence-corrected chi connectivity index (χ0v) is 15.1. The summed E-state index contributed by atoms with van der Waals surface area (Å²) in [6.07, 6.45) is 0. The summed E-state index contributed by atoms with van der Waals surface area (Å²) < 4.78 is 5.35. The summed E-state index contributed by atoms with van der Waals surface area (Å²) in [7, 11) is 0. The first-order valence-electron chi connectivity index (χ1n) is 7.90. The average Bonchev–Trinajstić information content (AvgIpc) is 2.50. The number of hydrogen-bond acceptors (Lipinski definition) is 6. The van der Waals surface area contributed by atoms with Crippen LogP contribution in [0.2, 0.25) is 0 Å². The molecule has 0 aliphatic rings. The van der Waals surface area contributed by atoms with E-state index in [-0.39, 0.29) is 11.4 Å². The molecule has 6 nitrogen and oxygen atoms in total. The zero-order valence-electron chi connectivity index (χ0n) is 14.3. The Bertz CT molecular complexity index is 1050. The summed E-state index contributed by atoms with van der Waals surface area (Å²) >= 11 is 1.32. The number of aromatic amines is 1. The molecule has 0 spiro atoms. The van der Waals surface area contributed by atoms with Crippen molar-refractivity contribution in [2.75, 3.05) is 5.73 Å². The first kappa shape index (κ1) is 17.3. The van der Waals surface area contributed by atoms with Crippen LogP contribution >= 0.6 is 11.8 Å². The predicted molar refractivity (Wildman–Crippen MR) is 100 cm³/mol. The number of nitrogen functional groups attached to an aromatic ring is 1. The van der Waals surface area contributed by atoms with Gasteiger partial charge in [-0.25, -0.2) is 9.78 Å². The van der Waals surface area contributed by atoms with Gasteiger partial charge in [-0.2, -0.15) is 0 Å². The van der Waals surface area contributed by atoms with Crippen LogP contribution in [0.25, 0.3) is 11.0 Å². The molecule has 0 atom stereocenters. The highest BCUT2D eigenvalue weighted by atomic mass is 32.2. The Morgan fingerprint density at radius 1 is 1.24 bits per heavy atom. The summed E-state index contributed by atoms with van der Waals surface area (Å²) in [5, 5.41) is 1.32. The maximum Gasteiger partial charge on any atom is 0.336 e. The lowest BCUT2D eigenvalue weighted by atomic mass is 9.95. The summed E-state index contributed by atoms with van der Waals surface area (Å²) in [5.41, 5.74) is 8.62. The van der Waals surface area contributed by atoms with Crippen LogP contribution in [0.15, 0.2) is 43.4 Å². The van der Waals surface area contributed by atoms with Gasteiger partial charge in [0, 0.05) is 23.3 Å². The third kappa shape index (κ3) is 3.76. The number of benzene rings is 1. The molecular weight excluding hydrogens is 338 g/mol. The van der Waals surface area contributed by atoms with Crippen molar-refractivity contribution in [2.45, 2.75) is 37.6 Å². The van der Waals surface area contributed by atoms with Gasteiger partial charge in [-0.3, -0.25) is 4.79 Å². The molecule has 3 aromatic rings. The number of rotatable bonds is 4. The largest absolute Gasteiger partial charge is 0.423 e. The number of nitrogens with two attached hydrogens (primary N) is 1. The second kappa shape index (κ2) is 6.76. The van der Waals surface area contributed by atoms with E-state index >= 15 is 0 Å². The third-order valence-corrected chi connectivity index (χ3v) is 4.87. The number of H-pyrrole nitrogens is 1. The van der Waals surface area contributed by atoms with E-state index in [9.17, 15) is 9.59 Å². The van der Waals surface area contributed by atoms with Gasteiger partial charge in [0.15, 0.2) is 5.16 Å². The van der Waals surface area contributed by atoms with Crippen LogP contribution in [0, 0.1) is 6.92 Å².